The van der Waals surface area contributed by atoms with Crippen LogP contribution in [0.5, 0.6) is 0 Å². The lowest BCUT2D eigenvalue weighted by Gasteiger charge is -2.19. The monoisotopic (exact) mass is 368 g/mol. The number of carbonyl (C=O) groups excluding carboxylic acids is 3. The van der Waals surface area contributed by atoms with E-state index >= 15 is 0 Å². The molecule has 0 spiro atoms. The largest absolute Gasteiger partial charge is 0.326 e. The van der Waals surface area contributed by atoms with Gasteiger partial charge >= 0.3 is 0 Å². The van der Waals surface area contributed by atoms with Gasteiger partial charge in [-0.15, -0.1) is 5.10 Å². The van der Waals surface area contributed by atoms with Gasteiger partial charge in [-0.1, -0.05) is 18.9 Å². The molecule has 2 aliphatic rings. The number of likely N-dealkylation sites (tertiary alicyclic amines) is 1. The minimum Gasteiger partial charge on any atom is -0.326 e. The molecule has 0 unspecified atom stereocenters. The fourth-order valence-electron chi connectivity index (χ4n) is 3.89. The fourth-order valence-corrected chi connectivity index (χ4v) is 3.89. The van der Waals surface area contributed by atoms with Gasteiger partial charge in [-0.2, -0.15) is 0 Å². The molecule has 9 heteroatoms. The topological polar surface area (TPSA) is 110 Å². The molecule has 0 radical (unpaired) electrons. The van der Waals surface area contributed by atoms with Crippen LogP contribution in [0.15, 0.2) is 30.6 Å². The summed E-state index contributed by atoms with van der Waals surface area (Å²) in [4.78, 5) is 38.5. The smallest absolute Gasteiger partial charge is 0.233 e. The van der Waals surface area contributed by atoms with Gasteiger partial charge in [0.25, 0.3) is 0 Å². The summed E-state index contributed by atoms with van der Waals surface area (Å²) < 4.78 is 1.49. The highest BCUT2D eigenvalue weighted by atomic mass is 16.2. The molecule has 4 rings (SSSR count). The van der Waals surface area contributed by atoms with Crippen molar-refractivity contribution in [1.29, 1.82) is 0 Å². The van der Waals surface area contributed by atoms with Crippen molar-refractivity contribution in [2.45, 2.75) is 32.1 Å². The van der Waals surface area contributed by atoms with Crippen molar-refractivity contribution in [3.63, 3.8) is 0 Å². The van der Waals surface area contributed by atoms with Crippen LogP contribution in [0, 0.1) is 11.8 Å². The first kappa shape index (κ1) is 17.3. The van der Waals surface area contributed by atoms with Crippen LogP contribution in [0.3, 0.4) is 0 Å². The summed E-state index contributed by atoms with van der Waals surface area (Å²) in [6.45, 7) is 0.128. The number of anilines is 1. The van der Waals surface area contributed by atoms with Gasteiger partial charge in [0.1, 0.15) is 6.33 Å². The number of carbonyl (C=O) groups is 3. The SMILES string of the molecule is O=C(CCN1C(=O)[C@H]2CCCC[C@H]2C1=O)Nc1cccc(-n2cnnn2)c1. The van der Waals surface area contributed by atoms with Gasteiger partial charge in [-0.3, -0.25) is 19.3 Å². The lowest BCUT2D eigenvalue weighted by Crippen LogP contribution is -2.34. The lowest BCUT2D eigenvalue weighted by atomic mass is 9.81. The number of hydrogen-bond acceptors (Lipinski definition) is 6. The van der Waals surface area contributed by atoms with Crippen molar-refractivity contribution in [3.8, 4) is 5.69 Å². The lowest BCUT2D eigenvalue weighted by molar-refractivity contribution is -0.140. The predicted molar refractivity (Wildman–Crippen MR) is 94.6 cm³/mol. The van der Waals surface area contributed by atoms with E-state index in [0.29, 0.717) is 11.4 Å². The number of rotatable bonds is 5. The highest BCUT2D eigenvalue weighted by Gasteiger charge is 2.47. The summed E-state index contributed by atoms with van der Waals surface area (Å²) >= 11 is 0. The third kappa shape index (κ3) is 3.44. The van der Waals surface area contributed by atoms with Crippen LogP contribution in [0.25, 0.3) is 5.69 Å². The van der Waals surface area contributed by atoms with Crippen molar-refractivity contribution >= 4 is 23.4 Å². The van der Waals surface area contributed by atoms with Gasteiger partial charge in [0.2, 0.25) is 17.7 Å². The number of aromatic nitrogens is 4. The van der Waals surface area contributed by atoms with Gasteiger partial charge in [0.05, 0.1) is 17.5 Å². The van der Waals surface area contributed by atoms with Crippen LogP contribution < -0.4 is 5.32 Å². The molecule has 1 aromatic carbocycles. The number of nitrogens with zero attached hydrogens (tertiary/aromatic N) is 5. The van der Waals surface area contributed by atoms with E-state index in [2.05, 4.69) is 20.8 Å². The standard InChI is InChI=1S/C18H20N6O3/c25-16(20-12-4-3-5-13(10-12)24-11-19-21-22-24)8-9-23-17(26)14-6-1-2-7-15(14)18(23)27/h3-5,10-11,14-15H,1-2,6-9H2,(H,20,25)/t14-,15+. The van der Waals surface area contributed by atoms with Crippen LogP contribution in [0.2, 0.25) is 0 Å². The molecule has 1 aliphatic heterocycles. The summed E-state index contributed by atoms with van der Waals surface area (Å²) in [7, 11) is 0. The number of tetrazole rings is 1. The van der Waals surface area contributed by atoms with E-state index in [9.17, 15) is 14.4 Å². The second-order valence-corrected chi connectivity index (χ2v) is 6.93. The minimum absolute atomic E-state index is 0.0754. The average Bonchev–Trinajstić information content (AvgIpc) is 3.29. The third-order valence-corrected chi connectivity index (χ3v) is 5.24. The second kappa shape index (κ2) is 7.26. The molecule has 27 heavy (non-hydrogen) atoms. The first-order chi connectivity index (χ1) is 13.1. The maximum absolute atomic E-state index is 12.4. The predicted octanol–water partition coefficient (Wildman–Crippen LogP) is 1.17. The zero-order valence-electron chi connectivity index (χ0n) is 14.7. The Morgan fingerprint density at radius 2 is 1.89 bits per heavy atom. The van der Waals surface area contributed by atoms with Gasteiger partial charge in [0, 0.05) is 18.7 Å². The zero-order valence-corrected chi connectivity index (χ0v) is 14.7. The number of imide groups is 1. The molecule has 140 valence electrons. The Bertz CT molecular complexity index is 842. The quantitative estimate of drug-likeness (QED) is 0.793. The normalized spacial score (nSPS) is 22.0. The molecule has 2 atom stereocenters. The van der Waals surface area contributed by atoms with Crippen LogP contribution in [0.1, 0.15) is 32.1 Å². The van der Waals surface area contributed by atoms with Gasteiger partial charge in [-0.05, 0) is 41.5 Å². The fraction of sp³-hybridized carbons (Fsp3) is 0.444. The highest BCUT2D eigenvalue weighted by molar-refractivity contribution is 6.05. The molecular weight excluding hydrogens is 348 g/mol. The summed E-state index contributed by atoms with van der Waals surface area (Å²) in [6.07, 6.45) is 5.08. The van der Waals surface area contributed by atoms with Gasteiger partial charge < -0.3 is 5.32 Å². The zero-order chi connectivity index (χ0) is 18.8. The van der Waals surface area contributed by atoms with E-state index in [1.165, 1.54) is 15.9 Å². The number of nitrogens with one attached hydrogen (secondary N) is 1. The first-order valence-corrected chi connectivity index (χ1v) is 9.12. The van der Waals surface area contributed by atoms with E-state index in [4.69, 9.17) is 0 Å². The number of hydrogen-bond donors (Lipinski definition) is 1. The molecule has 1 saturated heterocycles. The summed E-state index contributed by atoms with van der Waals surface area (Å²) in [6, 6.07) is 7.10. The molecule has 2 fully saturated rings. The van der Waals surface area contributed by atoms with Crippen molar-refractivity contribution in [2.75, 3.05) is 11.9 Å². The van der Waals surface area contributed by atoms with Crippen molar-refractivity contribution in [3.05, 3.63) is 30.6 Å². The molecule has 3 amide bonds. The molecule has 1 saturated carbocycles. The Balaban J connectivity index is 1.36. The maximum atomic E-state index is 12.4. The van der Waals surface area contributed by atoms with Crippen LogP contribution >= 0.6 is 0 Å². The van der Waals surface area contributed by atoms with Gasteiger partial charge in [0.15, 0.2) is 0 Å². The third-order valence-electron chi connectivity index (χ3n) is 5.24. The van der Waals surface area contributed by atoms with E-state index in [-0.39, 0.29) is 42.5 Å². The molecule has 0 bridgehead atoms. The molecular formula is C18H20N6O3. The van der Waals surface area contributed by atoms with Crippen LogP contribution in [0.4, 0.5) is 5.69 Å². The maximum Gasteiger partial charge on any atom is 0.233 e. The van der Waals surface area contributed by atoms with Gasteiger partial charge in [-0.25, -0.2) is 4.68 Å². The van der Waals surface area contributed by atoms with Crippen molar-refractivity contribution < 1.29 is 14.4 Å². The molecule has 1 aliphatic carbocycles. The van der Waals surface area contributed by atoms with Crippen LogP contribution in [-0.4, -0.2) is 49.4 Å². The van der Waals surface area contributed by atoms with E-state index in [1.807, 2.05) is 6.07 Å². The first-order valence-electron chi connectivity index (χ1n) is 9.12. The van der Waals surface area contributed by atoms with E-state index in [0.717, 1.165) is 25.7 Å². The summed E-state index contributed by atoms with van der Waals surface area (Å²) in [5, 5.41) is 13.8. The average molecular weight is 368 g/mol. The highest BCUT2D eigenvalue weighted by Crippen LogP contribution is 2.37. The Kier molecular flexibility index (Phi) is 4.66. The molecule has 1 N–H and O–H groups in total. The molecule has 1 aromatic heterocycles. The van der Waals surface area contributed by atoms with Crippen LogP contribution in [-0.2, 0) is 14.4 Å². The van der Waals surface area contributed by atoms with Crippen molar-refractivity contribution in [1.82, 2.24) is 25.1 Å². The summed E-state index contributed by atoms with van der Waals surface area (Å²) in [5.41, 5.74) is 1.31. The van der Waals surface area contributed by atoms with Crippen molar-refractivity contribution in [2.24, 2.45) is 11.8 Å². The molecule has 2 aromatic rings. The number of fused-ring (bicyclic) bond motifs is 1. The Morgan fingerprint density at radius 3 is 2.56 bits per heavy atom. The minimum atomic E-state index is -0.251. The number of benzene rings is 1. The molecule has 9 nitrogen and oxygen atoms in total. The number of amides is 3. The Hall–Kier alpha value is -3.10. The van der Waals surface area contributed by atoms with E-state index in [1.54, 1.807) is 18.2 Å². The molecule has 2 heterocycles. The van der Waals surface area contributed by atoms with E-state index < -0.39 is 0 Å². The summed E-state index contributed by atoms with van der Waals surface area (Å²) in [5.74, 6) is -0.833. The second-order valence-electron chi connectivity index (χ2n) is 6.93. The Labute approximate surface area is 155 Å². The Morgan fingerprint density at radius 1 is 1.15 bits per heavy atom.